The van der Waals surface area contributed by atoms with Crippen molar-refractivity contribution in [2.45, 2.75) is 25.3 Å². The third kappa shape index (κ3) is 3.74. The number of nitrogens with one attached hydrogen (secondary N) is 2. The first kappa shape index (κ1) is 12.9. The molecule has 0 radical (unpaired) electrons. The lowest BCUT2D eigenvalue weighted by atomic mass is 10.1. The molecule has 2 amide bonds. The van der Waals surface area contributed by atoms with Crippen LogP contribution in [0.3, 0.4) is 0 Å². The minimum Gasteiger partial charge on any atom is -0.328 e. The van der Waals surface area contributed by atoms with Gasteiger partial charge in [0.25, 0.3) is 0 Å². The maximum atomic E-state index is 11.9. The molecule has 1 heterocycles. The predicted octanol–water partition coefficient (Wildman–Crippen LogP) is 2.29. The highest BCUT2D eigenvalue weighted by Crippen LogP contribution is 2.10. The molecule has 4 heteroatoms. The molecule has 2 rings (SSSR count). The first-order chi connectivity index (χ1) is 8.75. The highest BCUT2D eigenvalue weighted by molar-refractivity contribution is 5.89. The van der Waals surface area contributed by atoms with Gasteiger partial charge in [-0.05, 0) is 37.9 Å². The number of anilines is 1. The van der Waals surface area contributed by atoms with Gasteiger partial charge in [-0.15, -0.1) is 0 Å². The zero-order chi connectivity index (χ0) is 12.8. The molecule has 4 nitrogen and oxygen atoms in total. The van der Waals surface area contributed by atoms with E-state index in [1.54, 1.807) is 4.90 Å². The highest BCUT2D eigenvalue weighted by Gasteiger charge is 2.16. The first-order valence-electron chi connectivity index (χ1n) is 6.56. The Morgan fingerprint density at radius 2 is 2.22 bits per heavy atom. The van der Waals surface area contributed by atoms with Gasteiger partial charge >= 0.3 is 6.03 Å². The van der Waals surface area contributed by atoms with E-state index in [1.807, 2.05) is 37.4 Å². The van der Waals surface area contributed by atoms with Crippen molar-refractivity contribution in [3.8, 4) is 0 Å². The van der Waals surface area contributed by atoms with Crippen LogP contribution >= 0.6 is 0 Å². The summed E-state index contributed by atoms with van der Waals surface area (Å²) in [4.78, 5) is 13.7. The van der Waals surface area contributed by atoms with Crippen molar-refractivity contribution in [3.63, 3.8) is 0 Å². The summed E-state index contributed by atoms with van der Waals surface area (Å²) in [5.74, 6) is 0. The summed E-state index contributed by atoms with van der Waals surface area (Å²) >= 11 is 0. The number of amides is 2. The molecule has 1 aromatic carbocycles. The fraction of sp³-hybridized carbons (Fsp3) is 0.500. The third-order valence-electron chi connectivity index (χ3n) is 3.35. The van der Waals surface area contributed by atoms with Crippen molar-refractivity contribution in [2.24, 2.45) is 0 Å². The zero-order valence-electron chi connectivity index (χ0n) is 10.9. The van der Waals surface area contributed by atoms with Gasteiger partial charge in [-0.25, -0.2) is 4.79 Å². The minimum atomic E-state index is -0.0424. The van der Waals surface area contributed by atoms with Gasteiger partial charge in [-0.1, -0.05) is 18.2 Å². The summed E-state index contributed by atoms with van der Waals surface area (Å²) in [5, 5.41) is 6.33. The molecule has 0 aliphatic carbocycles. The zero-order valence-corrected chi connectivity index (χ0v) is 10.9. The molecule has 1 unspecified atom stereocenters. The van der Waals surface area contributed by atoms with Crippen LogP contribution in [-0.2, 0) is 0 Å². The number of nitrogens with zero attached hydrogens (tertiary/aromatic N) is 1. The SMILES string of the molecule is CN(CCC1CCCN1)C(=O)Nc1ccccc1. The Morgan fingerprint density at radius 3 is 2.89 bits per heavy atom. The van der Waals surface area contributed by atoms with Crippen LogP contribution in [0.1, 0.15) is 19.3 Å². The smallest absolute Gasteiger partial charge is 0.321 e. The average Bonchev–Trinajstić information content (AvgIpc) is 2.90. The second-order valence-electron chi connectivity index (χ2n) is 4.80. The van der Waals surface area contributed by atoms with E-state index in [4.69, 9.17) is 0 Å². The molecule has 18 heavy (non-hydrogen) atoms. The van der Waals surface area contributed by atoms with E-state index >= 15 is 0 Å². The monoisotopic (exact) mass is 247 g/mol. The van der Waals surface area contributed by atoms with Crippen LogP contribution in [0.2, 0.25) is 0 Å². The van der Waals surface area contributed by atoms with E-state index in [-0.39, 0.29) is 6.03 Å². The molecule has 1 aromatic rings. The van der Waals surface area contributed by atoms with Crippen molar-refractivity contribution in [3.05, 3.63) is 30.3 Å². The fourth-order valence-corrected chi connectivity index (χ4v) is 2.19. The number of hydrogen-bond donors (Lipinski definition) is 2. The maximum Gasteiger partial charge on any atom is 0.321 e. The van der Waals surface area contributed by atoms with Crippen LogP contribution in [-0.4, -0.2) is 37.1 Å². The molecule has 1 aliphatic heterocycles. The Morgan fingerprint density at radius 1 is 1.44 bits per heavy atom. The minimum absolute atomic E-state index is 0.0424. The fourth-order valence-electron chi connectivity index (χ4n) is 2.19. The van der Waals surface area contributed by atoms with Gasteiger partial charge < -0.3 is 15.5 Å². The van der Waals surface area contributed by atoms with Gasteiger partial charge in [-0.3, -0.25) is 0 Å². The Labute approximate surface area is 108 Å². The summed E-state index contributed by atoms with van der Waals surface area (Å²) in [6, 6.07) is 10.1. The van der Waals surface area contributed by atoms with Crippen LogP contribution in [0.25, 0.3) is 0 Å². The largest absolute Gasteiger partial charge is 0.328 e. The molecule has 1 aliphatic rings. The van der Waals surface area contributed by atoms with Crippen LogP contribution in [0.5, 0.6) is 0 Å². The van der Waals surface area contributed by atoms with Crippen molar-refractivity contribution in [2.75, 3.05) is 25.5 Å². The third-order valence-corrected chi connectivity index (χ3v) is 3.35. The van der Waals surface area contributed by atoms with Crippen molar-refractivity contribution in [1.82, 2.24) is 10.2 Å². The molecule has 0 bridgehead atoms. The molecule has 1 fully saturated rings. The number of rotatable bonds is 4. The number of urea groups is 1. The summed E-state index contributed by atoms with van der Waals surface area (Å²) in [7, 11) is 1.84. The van der Waals surface area contributed by atoms with E-state index in [0.717, 1.165) is 25.2 Å². The predicted molar refractivity (Wildman–Crippen MR) is 73.7 cm³/mol. The Balaban J connectivity index is 1.74. The number of para-hydroxylation sites is 1. The molecule has 0 spiro atoms. The van der Waals surface area contributed by atoms with E-state index in [9.17, 15) is 4.79 Å². The summed E-state index contributed by atoms with van der Waals surface area (Å²) < 4.78 is 0. The summed E-state index contributed by atoms with van der Waals surface area (Å²) in [5.41, 5.74) is 0.841. The Kier molecular flexibility index (Phi) is 4.59. The Bertz CT molecular complexity index is 374. The summed E-state index contributed by atoms with van der Waals surface area (Å²) in [6.45, 7) is 1.90. The second kappa shape index (κ2) is 6.40. The van der Waals surface area contributed by atoms with Gasteiger partial charge in [0.1, 0.15) is 0 Å². The highest BCUT2D eigenvalue weighted by atomic mass is 16.2. The molecule has 0 saturated carbocycles. The molecule has 1 saturated heterocycles. The molecular weight excluding hydrogens is 226 g/mol. The van der Waals surface area contributed by atoms with Crippen LogP contribution in [0.4, 0.5) is 10.5 Å². The Hall–Kier alpha value is -1.55. The maximum absolute atomic E-state index is 11.9. The standard InChI is InChI=1S/C14H21N3O/c1-17(11-9-12-8-5-10-15-12)14(18)16-13-6-3-2-4-7-13/h2-4,6-7,12,15H,5,8-11H2,1H3,(H,16,18). The van der Waals surface area contributed by atoms with Crippen molar-refractivity contribution in [1.29, 1.82) is 0 Å². The van der Waals surface area contributed by atoms with Crippen LogP contribution in [0, 0.1) is 0 Å². The number of carbonyl (C=O) groups excluding carboxylic acids is 1. The normalized spacial score (nSPS) is 18.6. The average molecular weight is 247 g/mol. The number of benzene rings is 1. The van der Waals surface area contributed by atoms with Gasteiger partial charge in [0.05, 0.1) is 0 Å². The van der Waals surface area contributed by atoms with Crippen molar-refractivity contribution < 1.29 is 4.79 Å². The second-order valence-corrected chi connectivity index (χ2v) is 4.80. The lowest BCUT2D eigenvalue weighted by molar-refractivity contribution is 0.220. The lowest BCUT2D eigenvalue weighted by Gasteiger charge is -2.20. The summed E-state index contributed by atoms with van der Waals surface area (Å²) in [6.07, 6.45) is 3.51. The number of carbonyl (C=O) groups is 1. The molecule has 98 valence electrons. The first-order valence-corrected chi connectivity index (χ1v) is 6.56. The molecule has 2 N–H and O–H groups in total. The molecular formula is C14H21N3O. The van der Waals surface area contributed by atoms with Crippen LogP contribution < -0.4 is 10.6 Å². The van der Waals surface area contributed by atoms with E-state index < -0.39 is 0 Å². The van der Waals surface area contributed by atoms with E-state index in [2.05, 4.69) is 10.6 Å². The van der Waals surface area contributed by atoms with Crippen LogP contribution in [0.15, 0.2) is 30.3 Å². The van der Waals surface area contributed by atoms with E-state index in [1.165, 1.54) is 12.8 Å². The molecule has 1 atom stereocenters. The van der Waals surface area contributed by atoms with E-state index in [0.29, 0.717) is 6.04 Å². The topological polar surface area (TPSA) is 44.4 Å². The lowest BCUT2D eigenvalue weighted by Crippen LogP contribution is -2.35. The molecule has 0 aromatic heterocycles. The van der Waals surface area contributed by atoms with Gasteiger partial charge in [-0.2, -0.15) is 0 Å². The quantitative estimate of drug-likeness (QED) is 0.857. The number of hydrogen-bond acceptors (Lipinski definition) is 2. The van der Waals surface area contributed by atoms with Gasteiger partial charge in [0, 0.05) is 25.3 Å². The van der Waals surface area contributed by atoms with Gasteiger partial charge in [0.15, 0.2) is 0 Å². The van der Waals surface area contributed by atoms with Crippen molar-refractivity contribution >= 4 is 11.7 Å². The van der Waals surface area contributed by atoms with Gasteiger partial charge in [0.2, 0.25) is 0 Å².